The van der Waals surface area contributed by atoms with E-state index in [9.17, 15) is 14.9 Å². The van der Waals surface area contributed by atoms with Crippen LogP contribution in [0.15, 0.2) is 42.5 Å². The van der Waals surface area contributed by atoms with Crippen molar-refractivity contribution < 1.29 is 14.5 Å². The molecule has 2 rings (SSSR count). The van der Waals surface area contributed by atoms with Crippen molar-refractivity contribution in [2.75, 3.05) is 17.7 Å². The fourth-order valence-corrected chi connectivity index (χ4v) is 1.91. The number of methoxy groups -OCH3 is 1. The summed E-state index contributed by atoms with van der Waals surface area (Å²) in [6, 6.07) is 10.3. The van der Waals surface area contributed by atoms with Crippen molar-refractivity contribution in [1.29, 1.82) is 0 Å². The third-order valence-electron chi connectivity index (χ3n) is 2.73. The van der Waals surface area contributed by atoms with Crippen LogP contribution in [-0.4, -0.2) is 18.1 Å². The summed E-state index contributed by atoms with van der Waals surface area (Å²) in [6.07, 6.45) is 0. The van der Waals surface area contributed by atoms with Crippen LogP contribution in [0.1, 0.15) is 0 Å². The second-order valence-electron chi connectivity index (χ2n) is 4.23. The summed E-state index contributed by atoms with van der Waals surface area (Å²) in [5.41, 5.74) is 0.512. The Morgan fingerprint density at radius 1 is 1.18 bits per heavy atom. The molecule has 0 radical (unpaired) electrons. The minimum absolute atomic E-state index is 0.00348. The maximum atomic E-state index is 11.9. The SMILES string of the molecule is COc1cccc(NC(=O)Nc2ccc(Cl)c([N+](=O)[O-])c2)c1. The summed E-state index contributed by atoms with van der Waals surface area (Å²) in [5, 5.41) is 15.9. The lowest BCUT2D eigenvalue weighted by atomic mass is 10.3. The van der Waals surface area contributed by atoms with Gasteiger partial charge in [-0.15, -0.1) is 0 Å². The summed E-state index contributed by atoms with van der Waals surface area (Å²) in [5.74, 6) is 0.597. The topological polar surface area (TPSA) is 93.5 Å². The predicted octanol–water partition coefficient (Wildman–Crippen LogP) is 3.90. The molecule has 0 aliphatic heterocycles. The van der Waals surface area contributed by atoms with E-state index in [0.29, 0.717) is 11.4 Å². The van der Waals surface area contributed by atoms with E-state index < -0.39 is 11.0 Å². The highest BCUT2D eigenvalue weighted by atomic mass is 35.5. The minimum atomic E-state index is -0.618. The summed E-state index contributed by atoms with van der Waals surface area (Å²) >= 11 is 5.71. The van der Waals surface area contributed by atoms with Crippen LogP contribution in [0.25, 0.3) is 0 Å². The Balaban J connectivity index is 2.08. The number of nitrogens with one attached hydrogen (secondary N) is 2. The van der Waals surface area contributed by atoms with Crippen molar-refractivity contribution >= 4 is 34.7 Å². The van der Waals surface area contributed by atoms with Crippen molar-refractivity contribution in [1.82, 2.24) is 0 Å². The number of hydrogen-bond acceptors (Lipinski definition) is 4. The van der Waals surface area contributed by atoms with Crippen molar-refractivity contribution in [3.63, 3.8) is 0 Å². The van der Waals surface area contributed by atoms with E-state index in [1.807, 2.05) is 0 Å². The number of amides is 2. The molecule has 0 saturated heterocycles. The molecular formula is C14H12ClN3O4. The first-order valence-corrected chi connectivity index (χ1v) is 6.53. The fraction of sp³-hybridized carbons (Fsp3) is 0.0714. The van der Waals surface area contributed by atoms with Crippen LogP contribution in [0.3, 0.4) is 0 Å². The molecule has 8 heteroatoms. The van der Waals surface area contributed by atoms with Crippen LogP contribution in [0, 0.1) is 10.1 Å². The van der Waals surface area contributed by atoms with E-state index in [2.05, 4.69) is 10.6 Å². The van der Waals surface area contributed by atoms with E-state index in [-0.39, 0.29) is 16.4 Å². The highest BCUT2D eigenvalue weighted by Crippen LogP contribution is 2.27. The van der Waals surface area contributed by atoms with Crippen LogP contribution in [0.5, 0.6) is 5.75 Å². The number of nitro groups is 1. The molecule has 0 spiro atoms. The zero-order valence-electron chi connectivity index (χ0n) is 11.5. The molecule has 2 aromatic rings. The molecule has 0 unspecified atom stereocenters. The van der Waals surface area contributed by atoms with Gasteiger partial charge < -0.3 is 15.4 Å². The first kappa shape index (κ1) is 15.6. The van der Waals surface area contributed by atoms with Crippen LogP contribution in [-0.2, 0) is 0 Å². The maximum absolute atomic E-state index is 11.9. The minimum Gasteiger partial charge on any atom is -0.497 e. The van der Waals surface area contributed by atoms with Gasteiger partial charge in [0.05, 0.1) is 12.0 Å². The molecule has 2 N–H and O–H groups in total. The van der Waals surface area contributed by atoms with Gasteiger partial charge in [-0.05, 0) is 24.3 Å². The van der Waals surface area contributed by atoms with Crippen molar-refractivity contribution in [3.8, 4) is 5.75 Å². The Morgan fingerprint density at radius 3 is 2.50 bits per heavy atom. The number of carbonyl (C=O) groups excluding carboxylic acids is 1. The Bertz CT molecular complexity index is 721. The summed E-state index contributed by atoms with van der Waals surface area (Å²) in [4.78, 5) is 22.1. The molecule has 0 atom stereocenters. The number of hydrogen-bond donors (Lipinski definition) is 2. The lowest BCUT2D eigenvalue weighted by molar-refractivity contribution is -0.384. The van der Waals surface area contributed by atoms with E-state index in [0.717, 1.165) is 0 Å². The summed E-state index contributed by atoms with van der Waals surface area (Å²) in [6.45, 7) is 0. The second kappa shape index (κ2) is 6.77. The summed E-state index contributed by atoms with van der Waals surface area (Å²) < 4.78 is 5.05. The van der Waals surface area contributed by atoms with Crippen molar-refractivity contribution in [2.24, 2.45) is 0 Å². The van der Waals surface area contributed by atoms with Gasteiger partial charge in [0.15, 0.2) is 0 Å². The van der Waals surface area contributed by atoms with Gasteiger partial charge in [-0.2, -0.15) is 0 Å². The highest BCUT2D eigenvalue weighted by Gasteiger charge is 2.14. The van der Waals surface area contributed by atoms with Gasteiger partial charge in [0, 0.05) is 23.5 Å². The average molecular weight is 322 g/mol. The van der Waals surface area contributed by atoms with E-state index in [1.54, 1.807) is 24.3 Å². The molecule has 0 aliphatic carbocycles. The molecule has 0 aromatic heterocycles. The van der Waals surface area contributed by atoms with Gasteiger partial charge >= 0.3 is 6.03 Å². The first-order valence-electron chi connectivity index (χ1n) is 6.15. The molecule has 0 heterocycles. The number of carbonyl (C=O) groups is 1. The molecular weight excluding hydrogens is 310 g/mol. The van der Waals surface area contributed by atoms with Gasteiger partial charge in [0.25, 0.3) is 5.69 Å². The van der Waals surface area contributed by atoms with Gasteiger partial charge in [-0.3, -0.25) is 10.1 Å². The first-order chi connectivity index (χ1) is 10.5. The fourth-order valence-electron chi connectivity index (χ4n) is 1.72. The standard InChI is InChI=1S/C14H12ClN3O4/c1-22-11-4-2-3-9(7-11)16-14(19)17-10-5-6-12(15)13(8-10)18(20)21/h2-8H,1H3,(H2,16,17,19). The van der Waals surface area contributed by atoms with Gasteiger partial charge in [-0.1, -0.05) is 17.7 Å². The third kappa shape index (κ3) is 3.86. The second-order valence-corrected chi connectivity index (χ2v) is 4.64. The number of nitro benzene ring substituents is 1. The zero-order valence-corrected chi connectivity index (χ0v) is 12.3. The lowest BCUT2D eigenvalue weighted by Crippen LogP contribution is -2.19. The molecule has 0 saturated carbocycles. The number of halogens is 1. The number of anilines is 2. The monoisotopic (exact) mass is 321 g/mol. The van der Waals surface area contributed by atoms with Gasteiger partial charge in [-0.25, -0.2) is 4.79 Å². The number of benzene rings is 2. The van der Waals surface area contributed by atoms with Crippen LogP contribution < -0.4 is 15.4 Å². The quantitative estimate of drug-likeness (QED) is 0.659. The number of nitrogens with zero attached hydrogens (tertiary/aromatic N) is 1. The molecule has 7 nitrogen and oxygen atoms in total. The Kier molecular flexibility index (Phi) is 4.80. The third-order valence-corrected chi connectivity index (χ3v) is 3.05. The maximum Gasteiger partial charge on any atom is 0.323 e. The molecule has 0 bridgehead atoms. The van der Waals surface area contributed by atoms with E-state index >= 15 is 0 Å². The smallest absolute Gasteiger partial charge is 0.323 e. The number of ether oxygens (including phenoxy) is 1. The Morgan fingerprint density at radius 2 is 1.86 bits per heavy atom. The van der Waals surface area contributed by atoms with Gasteiger partial charge in [0.2, 0.25) is 0 Å². The van der Waals surface area contributed by atoms with Crippen LogP contribution in [0.2, 0.25) is 5.02 Å². The molecule has 0 aliphatic rings. The summed E-state index contributed by atoms with van der Waals surface area (Å²) in [7, 11) is 1.52. The molecule has 114 valence electrons. The lowest BCUT2D eigenvalue weighted by Gasteiger charge is -2.09. The van der Waals surface area contributed by atoms with E-state index in [1.165, 1.54) is 25.3 Å². The molecule has 22 heavy (non-hydrogen) atoms. The molecule has 2 aromatic carbocycles. The Hall–Kier alpha value is -2.80. The predicted molar refractivity (Wildman–Crippen MR) is 83.7 cm³/mol. The van der Waals surface area contributed by atoms with Crippen molar-refractivity contribution in [2.45, 2.75) is 0 Å². The number of urea groups is 1. The van der Waals surface area contributed by atoms with E-state index in [4.69, 9.17) is 16.3 Å². The normalized spacial score (nSPS) is 9.91. The Labute approximate surface area is 131 Å². The molecule has 0 fully saturated rings. The molecule has 2 amide bonds. The zero-order chi connectivity index (χ0) is 16.1. The highest BCUT2D eigenvalue weighted by molar-refractivity contribution is 6.32. The van der Waals surface area contributed by atoms with Crippen LogP contribution in [0.4, 0.5) is 21.9 Å². The van der Waals surface area contributed by atoms with Crippen molar-refractivity contribution in [3.05, 3.63) is 57.6 Å². The number of rotatable bonds is 4. The van der Waals surface area contributed by atoms with Gasteiger partial charge in [0.1, 0.15) is 10.8 Å². The largest absolute Gasteiger partial charge is 0.497 e. The van der Waals surface area contributed by atoms with Crippen LogP contribution >= 0.6 is 11.6 Å². The average Bonchev–Trinajstić information content (AvgIpc) is 2.49.